The quantitative estimate of drug-likeness (QED) is 0.691. The molecule has 1 fully saturated rings. The topological polar surface area (TPSA) is 41.9 Å². The summed E-state index contributed by atoms with van der Waals surface area (Å²) < 4.78 is 12.8. The first kappa shape index (κ1) is 21.6. The minimum Gasteiger partial charge on any atom is -0.491 e. The van der Waals surface area contributed by atoms with Crippen molar-refractivity contribution in [1.29, 1.82) is 0 Å². The Bertz CT molecular complexity index is 771. The van der Waals surface area contributed by atoms with Crippen LogP contribution in [0.5, 0.6) is 5.75 Å². The number of fused-ring (bicyclic) bond motifs is 1. The van der Waals surface area contributed by atoms with Crippen molar-refractivity contribution in [2.45, 2.75) is 31.5 Å². The van der Waals surface area contributed by atoms with E-state index in [1.807, 2.05) is 18.2 Å². The molecule has 2 aromatic carbocycles. The van der Waals surface area contributed by atoms with Crippen molar-refractivity contribution in [2.24, 2.45) is 0 Å². The standard InChI is InChI=1S/C22H26BrNO3.ClH/c23-19-7-4-17(5-8-19)22-14-24(10-11-26-22)13-20(25)15-27-21-9-6-16-2-1-3-18(16)12-21;/h4-9,12,20,22,25H,1-3,10-11,13-15H2;1H. The van der Waals surface area contributed by atoms with E-state index in [0.29, 0.717) is 19.8 Å². The number of rotatable bonds is 6. The molecule has 2 aromatic rings. The lowest BCUT2D eigenvalue weighted by atomic mass is 10.1. The average molecular weight is 469 g/mol. The minimum absolute atomic E-state index is 0. The molecule has 28 heavy (non-hydrogen) atoms. The van der Waals surface area contributed by atoms with Crippen LogP contribution in [-0.4, -0.2) is 49.0 Å². The van der Waals surface area contributed by atoms with Crippen molar-refractivity contribution in [1.82, 2.24) is 4.90 Å². The summed E-state index contributed by atoms with van der Waals surface area (Å²) >= 11 is 3.47. The van der Waals surface area contributed by atoms with Crippen LogP contribution in [0.25, 0.3) is 0 Å². The van der Waals surface area contributed by atoms with Gasteiger partial charge in [-0.1, -0.05) is 34.1 Å². The van der Waals surface area contributed by atoms with E-state index < -0.39 is 6.10 Å². The lowest BCUT2D eigenvalue weighted by Gasteiger charge is -2.34. The first-order valence-electron chi connectivity index (χ1n) is 9.69. The third kappa shape index (κ3) is 5.49. The Hall–Kier alpha value is -1.11. The summed E-state index contributed by atoms with van der Waals surface area (Å²) in [5.41, 5.74) is 4.01. The lowest BCUT2D eigenvalue weighted by Crippen LogP contribution is -2.43. The molecular formula is C22H27BrClNO3. The second-order valence-corrected chi connectivity index (χ2v) is 8.34. The van der Waals surface area contributed by atoms with Gasteiger partial charge in [-0.2, -0.15) is 0 Å². The Labute approximate surface area is 181 Å². The lowest BCUT2D eigenvalue weighted by molar-refractivity contribution is -0.0459. The summed E-state index contributed by atoms with van der Waals surface area (Å²) in [5, 5.41) is 10.4. The van der Waals surface area contributed by atoms with Gasteiger partial charge in [-0.15, -0.1) is 12.4 Å². The number of morpholine rings is 1. The monoisotopic (exact) mass is 467 g/mol. The maximum absolute atomic E-state index is 10.4. The van der Waals surface area contributed by atoms with Crippen LogP contribution in [-0.2, 0) is 17.6 Å². The highest BCUT2D eigenvalue weighted by Gasteiger charge is 2.24. The number of hydrogen-bond acceptors (Lipinski definition) is 4. The number of aryl methyl sites for hydroxylation is 2. The summed E-state index contributed by atoms with van der Waals surface area (Å²) in [7, 11) is 0. The second kappa shape index (κ2) is 10.1. The van der Waals surface area contributed by atoms with Gasteiger partial charge in [0.2, 0.25) is 0 Å². The van der Waals surface area contributed by atoms with Crippen LogP contribution >= 0.6 is 28.3 Å². The number of aliphatic hydroxyl groups is 1. The first-order chi connectivity index (χ1) is 13.2. The molecule has 0 amide bonds. The zero-order valence-electron chi connectivity index (χ0n) is 15.9. The summed E-state index contributed by atoms with van der Waals surface area (Å²) in [6, 6.07) is 14.6. The minimum atomic E-state index is -0.512. The van der Waals surface area contributed by atoms with E-state index in [-0.39, 0.29) is 18.5 Å². The SMILES string of the molecule is Cl.OC(COc1ccc2c(c1)CCC2)CN1CCOC(c2ccc(Br)cc2)C1. The maximum atomic E-state index is 10.4. The van der Waals surface area contributed by atoms with Crippen molar-refractivity contribution in [3.63, 3.8) is 0 Å². The molecule has 0 spiro atoms. The molecule has 0 radical (unpaired) electrons. The highest BCUT2D eigenvalue weighted by Crippen LogP contribution is 2.26. The molecule has 6 heteroatoms. The highest BCUT2D eigenvalue weighted by atomic mass is 79.9. The smallest absolute Gasteiger partial charge is 0.119 e. The summed E-state index contributed by atoms with van der Waals surface area (Å²) in [6.45, 7) is 3.22. The van der Waals surface area contributed by atoms with Crippen LogP contribution in [0, 0.1) is 0 Å². The fraction of sp³-hybridized carbons (Fsp3) is 0.455. The zero-order chi connectivity index (χ0) is 18.6. The summed E-state index contributed by atoms with van der Waals surface area (Å²) in [6.07, 6.45) is 3.09. The molecule has 0 aromatic heterocycles. The number of hydrogen-bond donors (Lipinski definition) is 1. The van der Waals surface area contributed by atoms with Crippen molar-refractivity contribution in [3.05, 3.63) is 63.6 Å². The predicted octanol–water partition coefficient (Wildman–Crippen LogP) is 4.17. The van der Waals surface area contributed by atoms with Crippen LogP contribution in [0.15, 0.2) is 46.9 Å². The van der Waals surface area contributed by atoms with Gasteiger partial charge in [0.05, 0.1) is 12.7 Å². The highest BCUT2D eigenvalue weighted by molar-refractivity contribution is 9.10. The Morgan fingerprint density at radius 2 is 1.93 bits per heavy atom. The average Bonchev–Trinajstić information content (AvgIpc) is 3.15. The van der Waals surface area contributed by atoms with Crippen LogP contribution in [0.2, 0.25) is 0 Å². The number of nitrogens with zero attached hydrogens (tertiary/aromatic N) is 1. The Morgan fingerprint density at radius 3 is 2.75 bits per heavy atom. The number of benzene rings is 2. The van der Waals surface area contributed by atoms with Gasteiger partial charge < -0.3 is 14.6 Å². The van der Waals surface area contributed by atoms with Crippen molar-refractivity contribution < 1.29 is 14.6 Å². The molecule has 1 heterocycles. The molecule has 152 valence electrons. The van der Waals surface area contributed by atoms with E-state index >= 15 is 0 Å². The van der Waals surface area contributed by atoms with Gasteiger partial charge >= 0.3 is 0 Å². The second-order valence-electron chi connectivity index (χ2n) is 7.42. The van der Waals surface area contributed by atoms with Gasteiger partial charge in [-0.3, -0.25) is 4.90 Å². The van der Waals surface area contributed by atoms with Crippen LogP contribution in [0.1, 0.15) is 29.2 Å². The van der Waals surface area contributed by atoms with Gasteiger partial charge in [0, 0.05) is 24.1 Å². The Kier molecular flexibility index (Phi) is 7.77. The van der Waals surface area contributed by atoms with E-state index in [4.69, 9.17) is 9.47 Å². The molecule has 1 aliphatic heterocycles. The van der Waals surface area contributed by atoms with Crippen molar-refractivity contribution in [3.8, 4) is 5.75 Å². The molecule has 2 aliphatic rings. The molecule has 2 atom stereocenters. The van der Waals surface area contributed by atoms with Crippen molar-refractivity contribution >= 4 is 28.3 Å². The molecule has 1 N–H and O–H groups in total. The van der Waals surface area contributed by atoms with E-state index in [9.17, 15) is 5.11 Å². The van der Waals surface area contributed by atoms with E-state index in [2.05, 4.69) is 45.1 Å². The van der Waals surface area contributed by atoms with E-state index in [0.717, 1.165) is 29.7 Å². The van der Waals surface area contributed by atoms with Gasteiger partial charge in [0.25, 0.3) is 0 Å². The van der Waals surface area contributed by atoms with Gasteiger partial charge in [-0.25, -0.2) is 0 Å². The third-order valence-electron chi connectivity index (χ3n) is 5.37. The van der Waals surface area contributed by atoms with Gasteiger partial charge in [0.1, 0.15) is 18.5 Å². The number of β-amino-alcohol motifs (C(OH)–C–C–N with tert-alkyl or cyclic N) is 1. The molecule has 1 saturated heterocycles. The molecular weight excluding hydrogens is 442 g/mol. The molecule has 0 saturated carbocycles. The zero-order valence-corrected chi connectivity index (χ0v) is 18.3. The van der Waals surface area contributed by atoms with Gasteiger partial charge in [0.15, 0.2) is 0 Å². The normalized spacial score (nSPS) is 20.3. The first-order valence-corrected chi connectivity index (χ1v) is 10.5. The van der Waals surface area contributed by atoms with Crippen molar-refractivity contribution in [2.75, 3.05) is 32.8 Å². The van der Waals surface area contributed by atoms with Gasteiger partial charge in [-0.05, 0) is 60.2 Å². The molecule has 4 rings (SSSR count). The third-order valence-corrected chi connectivity index (χ3v) is 5.90. The Balaban J connectivity index is 0.00000225. The molecule has 2 unspecified atom stereocenters. The molecule has 0 bridgehead atoms. The fourth-order valence-electron chi connectivity index (χ4n) is 3.93. The van der Waals surface area contributed by atoms with E-state index in [1.165, 1.54) is 29.5 Å². The predicted molar refractivity (Wildman–Crippen MR) is 116 cm³/mol. The number of ether oxygens (including phenoxy) is 2. The largest absolute Gasteiger partial charge is 0.491 e. The number of halogens is 2. The molecule has 1 aliphatic carbocycles. The number of aliphatic hydroxyl groups excluding tert-OH is 1. The molecule has 4 nitrogen and oxygen atoms in total. The van der Waals surface area contributed by atoms with E-state index in [1.54, 1.807) is 0 Å². The van der Waals surface area contributed by atoms with Crippen LogP contribution < -0.4 is 4.74 Å². The maximum Gasteiger partial charge on any atom is 0.119 e. The fourth-order valence-corrected chi connectivity index (χ4v) is 4.19. The van der Waals surface area contributed by atoms with Crippen LogP contribution in [0.3, 0.4) is 0 Å². The summed E-state index contributed by atoms with van der Waals surface area (Å²) in [5.74, 6) is 0.865. The summed E-state index contributed by atoms with van der Waals surface area (Å²) in [4.78, 5) is 2.26. The Morgan fingerprint density at radius 1 is 1.14 bits per heavy atom. The van der Waals surface area contributed by atoms with Crippen LogP contribution in [0.4, 0.5) is 0 Å².